The first-order valence-electron chi connectivity index (χ1n) is 7.75. The molecule has 0 spiro atoms. The molecule has 1 N–H and O–H groups in total. The van der Waals surface area contributed by atoms with Gasteiger partial charge in [-0.15, -0.1) is 0 Å². The predicted molar refractivity (Wildman–Crippen MR) is 93.8 cm³/mol. The Morgan fingerprint density at radius 2 is 2.08 bits per heavy atom. The summed E-state index contributed by atoms with van der Waals surface area (Å²) in [7, 11) is 1.62. The summed E-state index contributed by atoms with van der Waals surface area (Å²) >= 11 is 1.21. The number of halogens is 1. The molecule has 0 radical (unpaired) electrons. The number of amides is 1. The van der Waals surface area contributed by atoms with Gasteiger partial charge in [-0.1, -0.05) is 37.7 Å². The average molecular weight is 349 g/mol. The summed E-state index contributed by atoms with van der Waals surface area (Å²) in [6, 6.07) is 7.51. The number of hydrogen-bond donors (Lipinski definition) is 1. The summed E-state index contributed by atoms with van der Waals surface area (Å²) in [6.45, 7) is 3.78. The van der Waals surface area contributed by atoms with Gasteiger partial charge in [0, 0.05) is 18.8 Å². The van der Waals surface area contributed by atoms with Crippen molar-refractivity contribution in [3.8, 4) is 0 Å². The molecule has 2 rings (SSSR count). The second-order valence-corrected chi connectivity index (χ2v) is 6.43. The van der Waals surface area contributed by atoms with E-state index >= 15 is 0 Å². The number of para-hydroxylation sites is 1. The van der Waals surface area contributed by atoms with Crippen LogP contribution in [0, 0.1) is 5.82 Å². The van der Waals surface area contributed by atoms with E-state index in [1.54, 1.807) is 19.2 Å². The van der Waals surface area contributed by atoms with Crippen LogP contribution < -0.4 is 10.9 Å². The van der Waals surface area contributed by atoms with E-state index < -0.39 is 11.1 Å². The lowest BCUT2D eigenvalue weighted by Crippen LogP contribution is -2.27. The van der Waals surface area contributed by atoms with E-state index in [9.17, 15) is 14.0 Å². The van der Waals surface area contributed by atoms with Crippen LogP contribution >= 0.6 is 11.8 Å². The highest BCUT2D eigenvalue weighted by molar-refractivity contribution is 8.00. The largest absolute Gasteiger partial charge is 0.323 e. The Hall–Kier alpha value is -2.15. The van der Waals surface area contributed by atoms with E-state index in [2.05, 4.69) is 10.3 Å². The fraction of sp³-hybridized carbons (Fsp3) is 0.353. The Bertz CT molecular complexity index is 792. The molecule has 0 aliphatic rings. The van der Waals surface area contributed by atoms with Gasteiger partial charge in [0.2, 0.25) is 5.91 Å². The van der Waals surface area contributed by atoms with Crippen LogP contribution in [0.15, 0.2) is 40.3 Å². The molecule has 1 heterocycles. The molecule has 1 aromatic heterocycles. The van der Waals surface area contributed by atoms with Crippen LogP contribution in [0.5, 0.6) is 0 Å². The van der Waals surface area contributed by atoms with Crippen molar-refractivity contribution in [1.82, 2.24) is 9.55 Å². The molecule has 24 heavy (non-hydrogen) atoms. The minimum Gasteiger partial charge on any atom is -0.323 e. The number of thioether (sulfide) groups is 1. The number of anilines is 1. The molecular formula is C17H20FN3O2S. The molecule has 0 fully saturated rings. The molecule has 0 saturated carbocycles. The third-order valence-electron chi connectivity index (χ3n) is 3.55. The average Bonchev–Trinajstić information content (AvgIpc) is 2.57. The topological polar surface area (TPSA) is 64.0 Å². The van der Waals surface area contributed by atoms with Gasteiger partial charge in [-0.2, -0.15) is 0 Å². The van der Waals surface area contributed by atoms with Crippen molar-refractivity contribution in [3.63, 3.8) is 0 Å². The second-order valence-electron chi connectivity index (χ2n) is 5.26. The van der Waals surface area contributed by atoms with Gasteiger partial charge in [0.1, 0.15) is 5.82 Å². The van der Waals surface area contributed by atoms with E-state index in [-0.39, 0.29) is 17.2 Å². The summed E-state index contributed by atoms with van der Waals surface area (Å²) in [5.41, 5.74) is 0.671. The number of carbonyl (C=O) groups excluding carboxylic acids is 1. The van der Waals surface area contributed by atoms with Gasteiger partial charge in [0.15, 0.2) is 5.16 Å². The van der Waals surface area contributed by atoms with Crippen molar-refractivity contribution in [2.24, 2.45) is 7.05 Å². The molecule has 1 aromatic carbocycles. The highest BCUT2D eigenvalue weighted by atomic mass is 32.2. The van der Waals surface area contributed by atoms with Crippen LogP contribution in [-0.4, -0.2) is 20.7 Å². The van der Waals surface area contributed by atoms with Gasteiger partial charge >= 0.3 is 0 Å². The van der Waals surface area contributed by atoms with Gasteiger partial charge in [-0.05, 0) is 25.0 Å². The maximum Gasteiger partial charge on any atom is 0.254 e. The monoisotopic (exact) mass is 349 g/mol. The number of benzene rings is 1. The number of nitrogens with one attached hydrogen (secondary N) is 1. The Balaban J connectivity index is 2.20. The van der Waals surface area contributed by atoms with Crippen molar-refractivity contribution in [3.05, 3.63) is 52.2 Å². The Labute approximate surface area is 144 Å². The predicted octanol–water partition coefficient (Wildman–Crippen LogP) is 2.99. The molecule has 1 unspecified atom stereocenters. The van der Waals surface area contributed by atoms with Crippen LogP contribution in [0.1, 0.15) is 26.0 Å². The summed E-state index contributed by atoms with van der Waals surface area (Å²) in [4.78, 5) is 28.8. The third kappa shape index (κ3) is 4.23. The van der Waals surface area contributed by atoms with Crippen LogP contribution in [-0.2, 0) is 18.3 Å². The third-order valence-corrected chi connectivity index (χ3v) is 4.96. The van der Waals surface area contributed by atoms with Gasteiger partial charge in [-0.3, -0.25) is 14.2 Å². The molecule has 7 heteroatoms. The molecule has 0 aliphatic heterocycles. The first kappa shape index (κ1) is 18.2. The van der Waals surface area contributed by atoms with E-state index in [0.29, 0.717) is 23.7 Å². The lowest BCUT2D eigenvalue weighted by molar-refractivity contribution is -0.115. The minimum absolute atomic E-state index is 0.144. The Morgan fingerprint density at radius 1 is 1.38 bits per heavy atom. The van der Waals surface area contributed by atoms with Gasteiger partial charge in [0.25, 0.3) is 5.56 Å². The van der Waals surface area contributed by atoms with Crippen LogP contribution in [0.3, 0.4) is 0 Å². The highest BCUT2D eigenvalue weighted by Gasteiger charge is 2.21. The fourth-order valence-electron chi connectivity index (χ4n) is 2.08. The summed E-state index contributed by atoms with van der Waals surface area (Å²) in [5.74, 6) is -0.798. The Morgan fingerprint density at radius 3 is 2.71 bits per heavy atom. The van der Waals surface area contributed by atoms with Crippen molar-refractivity contribution in [1.29, 1.82) is 0 Å². The van der Waals surface area contributed by atoms with Crippen molar-refractivity contribution in [2.45, 2.75) is 37.1 Å². The SMILES string of the molecule is CCc1cc(=O)n(C)c(SC(CC)C(=O)Nc2ccccc2F)n1. The van der Waals surface area contributed by atoms with Crippen LogP contribution in [0.25, 0.3) is 0 Å². The standard InChI is InChI=1S/C17H20FN3O2S/c1-4-11-10-15(22)21(3)17(19-11)24-14(5-2)16(23)20-13-9-7-6-8-12(13)18/h6-10,14H,4-5H2,1-3H3,(H,20,23). The zero-order chi connectivity index (χ0) is 17.7. The first-order chi connectivity index (χ1) is 11.5. The number of carbonyl (C=O) groups is 1. The van der Waals surface area contributed by atoms with Crippen molar-refractivity contribution in [2.75, 3.05) is 5.32 Å². The van der Waals surface area contributed by atoms with Crippen LogP contribution in [0.2, 0.25) is 0 Å². The van der Waals surface area contributed by atoms with E-state index in [1.165, 1.54) is 34.5 Å². The molecule has 0 saturated heterocycles. The smallest absolute Gasteiger partial charge is 0.254 e. The van der Waals surface area contributed by atoms with Gasteiger partial charge in [-0.25, -0.2) is 9.37 Å². The molecule has 128 valence electrons. The van der Waals surface area contributed by atoms with Gasteiger partial charge < -0.3 is 5.32 Å². The fourth-order valence-corrected chi connectivity index (χ4v) is 3.08. The lowest BCUT2D eigenvalue weighted by atomic mass is 10.2. The molecule has 0 aliphatic carbocycles. The molecule has 2 aromatic rings. The number of nitrogens with zero attached hydrogens (tertiary/aromatic N) is 2. The van der Waals surface area contributed by atoms with Crippen molar-refractivity contribution >= 4 is 23.4 Å². The maximum absolute atomic E-state index is 13.7. The molecule has 5 nitrogen and oxygen atoms in total. The second kappa shape index (κ2) is 8.10. The molecular weight excluding hydrogens is 329 g/mol. The van der Waals surface area contributed by atoms with E-state index in [0.717, 1.165) is 0 Å². The normalized spacial score (nSPS) is 12.0. The molecule has 0 bridgehead atoms. The summed E-state index contributed by atoms with van der Waals surface area (Å²) in [5, 5.41) is 2.60. The number of aryl methyl sites for hydroxylation is 1. The maximum atomic E-state index is 13.7. The van der Waals surface area contributed by atoms with Crippen molar-refractivity contribution < 1.29 is 9.18 Å². The lowest BCUT2D eigenvalue weighted by Gasteiger charge is -2.16. The van der Waals surface area contributed by atoms with E-state index in [4.69, 9.17) is 0 Å². The number of rotatable bonds is 6. The molecule has 1 amide bonds. The minimum atomic E-state index is -0.482. The number of aromatic nitrogens is 2. The quantitative estimate of drug-likeness (QED) is 0.643. The van der Waals surface area contributed by atoms with E-state index in [1.807, 2.05) is 13.8 Å². The number of hydrogen-bond acceptors (Lipinski definition) is 4. The molecule has 1 atom stereocenters. The van der Waals surface area contributed by atoms with Gasteiger partial charge in [0.05, 0.1) is 10.9 Å². The Kier molecular flexibility index (Phi) is 6.14. The zero-order valence-electron chi connectivity index (χ0n) is 13.9. The highest BCUT2D eigenvalue weighted by Crippen LogP contribution is 2.24. The first-order valence-corrected chi connectivity index (χ1v) is 8.63. The zero-order valence-corrected chi connectivity index (χ0v) is 14.7. The van der Waals surface area contributed by atoms with Crippen LogP contribution in [0.4, 0.5) is 10.1 Å². The summed E-state index contributed by atoms with van der Waals surface area (Å²) in [6.07, 6.45) is 1.17. The summed E-state index contributed by atoms with van der Waals surface area (Å²) < 4.78 is 15.1.